The van der Waals surface area contributed by atoms with Crippen LogP contribution in [0.25, 0.3) is 0 Å². The highest BCUT2D eigenvalue weighted by Gasteiger charge is 2.36. The Bertz CT molecular complexity index is 327. The first-order valence-electron chi connectivity index (χ1n) is 7.79. The molecule has 0 aromatic heterocycles. The first-order chi connectivity index (χ1) is 9.50. The van der Waals surface area contributed by atoms with Crippen LogP contribution in [0.2, 0.25) is 0 Å². The molecule has 0 saturated carbocycles. The van der Waals surface area contributed by atoms with Crippen molar-refractivity contribution < 1.29 is 14.3 Å². The summed E-state index contributed by atoms with van der Waals surface area (Å²) < 4.78 is 11.8. The number of piperidine rings is 1. The average Bonchev–Trinajstić information content (AvgIpc) is 2.38. The largest absolute Gasteiger partial charge is 0.347 e. The summed E-state index contributed by atoms with van der Waals surface area (Å²) in [6, 6.07) is 0. The zero-order valence-corrected chi connectivity index (χ0v) is 12.7. The molecule has 2 aliphatic rings. The summed E-state index contributed by atoms with van der Waals surface area (Å²) in [7, 11) is 0. The highest BCUT2D eigenvalue weighted by molar-refractivity contribution is 5.81. The van der Waals surface area contributed by atoms with Gasteiger partial charge in [0.2, 0.25) is 0 Å². The Morgan fingerprint density at radius 3 is 2.55 bits per heavy atom. The van der Waals surface area contributed by atoms with Crippen molar-refractivity contribution in [2.75, 3.05) is 19.6 Å². The summed E-state index contributed by atoms with van der Waals surface area (Å²) >= 11 is 0. The van der Waals surface area contributed by atoms with E-state index in [0.717, 1.165) is 38.8 Å². The Balaban J connectivity index is 1.88. The third-order valence-corrected chi connectivity index (χ3v) is 4.14. The summed E-state index contributed by atoms with van der Waals surface area (Å²) in [5.74, 6) is -0.0589. The molecule has 0 aliphatic carbocycles. The molecular formula is C15H28N2O3. The smallest absolute Gasteiger partial charge is 0.163 e. The summed E-state index contributed by atoms with van der Waals surface area (Å²) in [5, 5.41) is 3.29. The van der Waals surface area contributed by atoms with Gasteiger partial charge in [0.15, 0.2) is 5.79 Å². The predicted molar refractivity (Wildman–Crippen MR) is 77.3 cm³/mol. The van der Waals surface area contributed by atoms with E-state index in [1.165, 1.54) is 0 Å². The van der Waals surface area contributed by atoms with Crippen molar-refractivity contribution in [3.63, 3.8) is 0 Å². The quantitative estimate of drug-likeness (QED) is 0.793. The monoisotopic (exact) mass is 284 g/mol. The number of carbonyl (C=O) groups excluding carboxylic acids is 1. The number of nitrogens with two attached hydrogens (primary N) is 1. The maximum Gasteiger partial charge on any atom is 0.163 e. The van der Waals surface area contributed by atoms with Crippen molar-refractivity contribution in [3.05, 3.63) is 0 Å². The molecule has 116 valence electrons. The number of ketones is 1. The van der Waals surface area contributed by atoms with Gasteiger partial charge in [-0.15, -0.1) is 0 Å². The van der Waals surface area contributed by atoms with E-state index in [4.69, 9.17) is 15.2 Å². The molecule has 20 heavy (non-hydrogen) atoms. The first kappa shape index (κ1) is 15.9. The van der Waals surface area contributed by atoms with E-state index < -0.39 is 5.79 Å². The van der Waals surface area contributed by atoms with E-state index in [1.807, 2.05) is 13.8 Å². The SMILES string of the molecule is CC1(C)O[C@H](CC(=O)C2CCNCC2)C[C@H](CCN)O1. The van der Waals surface area contributed by atoms with Crippen LogP contribution in [-0.4, -0.2) is 43.4 Å². The van der Waals surface area contributed by atoms with Gasteiger partial charge in [0, 0.05) is 18.8 Å². The van der Waals surface area contributed by atoms with Crippen molar-refractivity contribution >= 4 is 5.78 Å². The predicted octanol–water partition coefficient (Wildman–Crippen LogP) is 1.20. The Morgan fingerprint density at radius 2 is 1.90 bits per heavy atom. The number of carbonyl (C=O) groups is 1. The number of Topliss-reactive ketones (excluding diaryl/α,β-unsaturated/α-hetero) is 1. The molecule has 2 aliphatic heterocycles. The van der Waals surface area contributed by atoms with Gasteiger partial charge < -0.3 is 20.5 Å². The molecule has 0 spiro atoms. The topological polar surface area (TPSA) is 73.6 Å². The van der Waals surface area contributed by atoms with E-state index in [9.17, 15) is 4.79 Å². The van der Waals surface area contributed by atoms with Crippen LogP contribution < -0.4 is 11.1 Å². The number of hydrogen-bond donors (Lipinski definition) is 2. The van der Waals surface area contributed by atoms with E-state index in [2.05, 4.69) is 5.32 Å². The summed E-state index contributed by atoms with van der Waals surface area (Å²) in [5.41, 5.74) is 5.62. The summed E-state index contributed by atoms with van der Waals surface area (Å²) in [6.45, 7) is 6.34. The van der Waals surface area contributed by atoms with Gasteiger partial charge in [-0.1, -0.05) is 0 Å². The molecule has 3 N–H and O–H groups in total. The number of hydrogen-bond acceptors (Lipinski definition) is 5. The lowest BCUT2D eigenvalue weighted by molar-refractivity contribution is -0.299. The lowest BCUT2D eigenvalue weighted by atomic mass is 9.89. The van der Waals surface area contributed by atoms with Crippen molar-refractivity contribution in [1.29, 1.82) is 0 Å². The van der Waals surface area contributed by atoms with Gasteiger partial charge in [-0.25, -0.2) is 0 Å². The van der Waals surface area contributed by atoms with Crippen LogP contribution in [0, 0.1) is 5.92 Å². The third kappa shape index (κ3) is 4.52. The van der Waals surface area contributed by atoms with E-state index in [-0.39, 0.29) is 18.1 Å². The number of rotatable bonds is 5. The Labute approximate surface area is 121 Å². The van der Waals surface area contributed by atoms with Gasteiger partial charge in [-0.05, 0) is 52.7 Å². The van der Waals surface area contributed by atoms with Gasteiger partial charge >= 0.3 is 0 Å². The van der Waals surface area contributed by atoms with Crippen LogP contribution in [0.3, 0.4) is 0 Å². The second kappa shape index (κ2) is 6.98. The molecule has 0 aromatic carbocycles. The molecule has 0 amide bonds. The molecular weight excluding hydrogens is 256 g/mol. The molecule has 0 unspecified atom stereocenters. The standard InChI is InChI=1S/C15H28N2O3/c1-15(2)19-12(3-6-16)9-13(20-15)10-14(18)11-4-7-17-8-5-11/h11-13,17H,3-10,16H2,1-2H3/t12-,13-/m0/s1. The maximum atomic E-state index is 12.4. The average molecular weight is 284 g/mol. The van der Waals surface area contributed by atoms with Gasteiger partial charge in [-0.2, -0.15) is 0 Å². The number of ether oxygens (including phenoxy) is 2. The minimum absolute atomic E-state index is 0.0299. The van der Waals surface area contributed by atoms with Crippen molar-refractivity contribution in [3.8, 4) is 0 Å². The molecule has 0 aromatic rings. The normalized spacial score (nSPS) is 31.1. The van der Waals surface area contributed by atoms with Gasteiger partial charge in [0.1, 0.15) is 5.78 Å². The third-order valence-electron chi connectivity index (χ3n) is 4.14. The van der Waals surface area contributed by atoms with E-state index in [1.54, 1.807) is 0 Å². The molecule has 5 nitrogen and oxygen atoms in total. The van der Waals surface area contributed by atoms with Crippen molar-refractivity contribution in [2.24, 2.45) is 11.7 Å². The van der Waals surface area contributed by atoms with E-state index in [0.29, 0.717) is 18.7 Å². The molecule has 2 heterocycles. The second-order valence-electron chi connectivity index (χ2n) is 6.39. The minimum atomic E-state index is -0.614. The Morgan fingerprint density at radius 1 is 1.25 bits per heavy atom. The molecule has 2 atom stereocenters. The van der Waals surface area contributed by atoms with Gasteiger partial charge in [0.05, 0.1) is 12.2 Å². The Hall–Kier alpha value is -0.490. The van der Waals surface area contributed by atoms with Crippen LogP contribution in [0.5, 0.6) is 0 Å². The highest BCUT2D eigenvalue weighted by atomic mass is 16.7. The van der Waals surface area contributed by atoms with Crippen molar-refractivity contribution in [1.82, 2.24) is 5.32 Å². The molecule has 0 radical (unpaired) electrons. The zero-order chi connectivity index (χ0) is 14.6. The minimum Gasteiger partial charge on any atom is -0.347 e. The van der Waals surface area contributed by atoms with Crippen LogP contribution >= 0.6 is 0 Å². The number of nitrogens with one attached hydrogen (secondary N) is 1. The van der Waals surface area contributed by atoms with E-state index >= 15 is 0 Å². The molecule has 0 bridgehead atoms. The van der Waals surface area contributed by atoms with Gasteiger partial charge in [-0.3, -0.25) is 4.79 Å². The highest BCUT2D eigenvalue weighted by Crippen LogP contribution is 2.30. The zero-order valence-electron chi connectivity index (χ0n) is 12.7. The van der Waals surface area contributed by atoms with Crippen LogP contribution in [0.15, 0.2) is 0 Å². The Kier molecular flexibility index (Phi) is 5.55. The molecule has 5 heteroatoms. The van der Waals surface area contributed by atoms with Crippen LogP contribution in [0.4, 0.5) is 0 Å². The fraction of sp³-hybridized carbons (Fsp3) is 0.933. The summed E-state index contributed by atoms with van der Waals surface area (Å²) in [6.07, 6.45) is 4.10. The van der Waals surface area contributed by atoms with Crippen LogP contribution in [-0.2, 0) is 14.3 Å². The van der Waals surface area contributed by atoms with Crippen molar-refractivity contribution in [2.45, 2.75) is 63.9 Å². The molecule has 2 saturated heterocycles. The first-order valence-corrected chi connectivity index (χ1v) is 7.79. The lowest BCUT2D eigenvalue weighted by Gasteiger charge is -2.41. The fourth-order valence-corrected chi connectivity index (χ4v) is 3.24. The second-order valence-corrected chi connectivity index (χ2v) is 6.39. The van der Waals surface area contributed by atoms with Crippen LogP contribution in [0.1, 0.15) is 46.0 Å². The molecule has 2 rings (SSSR count). The molecule has 2 fully saturated rings. The summed E-state index contributed by atoms with van der Waals surface area (Å²) in [4.78, 5) is 12.4. The lowest BCUT2D eigenvalue weighted by Crippen LogP contribution is -2.46. The van der Waals surface area contributed by atoms with Gasteiger partial charge in [0.25, 0.3) is 0 Å². The fourth-order valence-electron chi connectivity index (χ4n) is 3.24. The maximum absolute atomic E-state index is 12.4.